The van der Waals surface area contributed by atoms with E-state index in [1.807, 2.05) is 18.2 Å². The van der Waals surface area contributed by atoms with Crippen LogP contribution in [0.15, 0.2) is 18.2 Å². The Hall–Kier alpha value is -1.22. The molecule has 1 N–H and O–H groups in total. The van der Waals surface area contributed by atoms with Gasteiger partial charge in [0.05, 0.1) is 12.8 Å². The molecule has 0 aliphatic heterocycles. The Bertz CT molecular complexity index is 424. The summed E-state index contributed by atoms with van der Waals surface area (Å²) in [6.45, 7) is 0.865. The van der Waals surface area contributed by atoms with Gasteiger partial charge < -0.3 is 10.1 Å². The highest BCUT2D eigenvalue weighted by Gasteiger charge is 2.18. The number of carbonyl (C=O) groups is 1. The second kappa shape index (κ2) is 6.10. The normalized spacial score (nSPS) is 16.7. The molecular formula is C14H18ClNO2. The average Bonchev–Trinajstić information content (AvgIpc) is 2.38. The Kier molecular flexibility index (Phi) is 4.48. The summed E-state index contributed by atoms with van der Waals surface area (Å²) in [5, 5.41) is 4.06. The molecule has 1 aromatic rings. The van der Waals surface area contributed by atoms with E-state index in [0.29, 0.717) is 16.7 Å². The molecule has 98 valence electrons. The Balaban J connectivity index is 1.93. The van der Waals surface area contributed by atoms with E-state index in [2.05, 4.69) is 5.32 Å². The molecule has 0 aromatic heterocycles. The summed E-state index contributed by atoms with van der Waals surface area (Å²) >= 11 is 5.97. The number of ketones is 1. The van der Waals surface area contributed by atoms with Gasteiger partial charge in [-0.25, -0.2) is 0 Å². The number of nitrogens with one attached hydrogen (secondary N) is 1. The first-order chi connectivity index (χ1) is 8.69. The van der Waals surface area contributed by atoms with Crippen LogP contribution in [0.2, 0.25) is 5.02 Å². The maximum absolute atomic E-state index is 11.2. The molecule has 1 aromatic carbocycles. The van der Waals surface area contributed by atoms with Crippen LogP contribution in [0.1, 0.15) is 25.7 Å². The van der Waals surface area contributed by atoms with Crippen molar-refractivity contribution in [2.24, 2.45) is 5.92 Å². The van der Waals surface area contributed by atoms with Crippen molar-refractivity contribution in [3.8, 4) is 5.75 Å². The summed E-state index contributed by atoms with van der Waals surface area (Å²) in [6, 6.07) is 5.54. The predicted octanol–water partition coefficient (Wildman–Crippen LogP) is 3.52. The number of methoxy groups -OCH3 is 1. The van der Waals surface area contributed by atoms with Gasteiger partial charge in [-0.15, -0.1) is 0 Å². The lowest BCUT2D eigenvalue weighted by Gasteiger charge is -2.22. The van der Waals surface area contributed by atoms with Gasteiger partial charge in [-0.2, -0.15) is 0 Å². The van der Waals surface area contributed by atoms with Gasteiger partial charge in [0.15, 0.2) is 0 Å². The molecule has 0 heterocycles. The number of benzene rings is 1. The quantitative estimate of drug-likeness (QED) is 0.907. The van der Waals surface area contributed by atoms with Crippen molar-refractivity contribution in [2.45, 2.75) is 25.7 Å². The zero-order valence-electron chi connectivity index (χ0n) is 10.5. The first-order valence-electron chi connectivity index (χ1n) is 6.28. The number of Topliss-reactive ketones (excluding diaryl/α,β-unsaturated/α-hetero) is 1. The molecule has 0 radical (unpaired) electrons. The fourth-order valence-corrected chi connectivity index (χ4v) is 2.45. The molecule has 0 bridgehead atoms. The van der Waals surface area contributed by atoms with Crippen molar-refractivity contribution < 1.29 is 9.53 Å². The molecule has 2 rings (SSSR count). The molecule has 0 atom stereocenters. The first-order valence-corrected chi connectivity index (χ1v) is 6.66. The molecular weight excluding hydrogens is 250 g/mol. The molecule has 1 aliphatic carbocycles. The van der Waals surface area contributed by atoms with Crippen LogP contribution in [0.5, 0.6) is 5.75 Å². The van der Waals surface area contributed by atoms with Crippen LogP contribution in [0.3, 0.4) is 0 Å². The molecule has 0 unspecified atom stereocenters. The highest BCUT2D eigenvalue weighted by molar-refractivity contribution is 6.30. The minimum absolute atomic E-state index is 0.395. The Labute approximate surface area is 112 Å². The number of rotatable bonds is 4. The molecule has 1 fully saturated rings. The summed E-state index contributed by atoms with van der Waals surface area (Å²) in [7, 11) is 1.65. The van der Waals surface area contributed by atoms with Crippen molar-refractivity contribution in [2.75, 3.05) is 19.0 Å². The summed E-state index contributed by atoms with van der Waals surface area (Å²) in [4.78, 5) is 11.2. The monoisotopic (exact) mass is 267 g/mol. The molecule has 3 nitrogen and oxygen atoms in total. The Morgan fingerprint density at radius 2 is 2.11 bits per heavy atom. The van der Waals surface area contributed by atoms with E-state index in [-0.39, 0.29) is 0 Å². The highest BCUT2D eigenvalue weighted by Crippen LogP contribution is 2.29. The topological polar surface area (TPSA) is 38.3 Å². The van der Waals surface area contributed by atoms with Gasteiger partial charge in [0.25, 0.3) is 0 Å². The van der Waals surface area contributed by atoms with Gasteiger partial charge in [-0.05, 0) is 37.0 Å². The van der Waals surface area contributed by atoms with Crippen LogP contribution in [-0.4, -0.2) is 19.4 Å². The van der Waals surface area contributed by atoms with Gasteiger partial charge >= 0.3 is 0 Å². The van der Waals surface area contributed by atoms with E-state index in [0.717, 1.165) is 43.7 Å². The van der Waals surface area contributed by atoms with Gasteiger partial charge in [-0.1, -0.05) is 11.6 Å². The lowest BCUT2D eigenvalue weighted by Crippen LogP contribution is -2.21. The van der Waals surface area contributed by atoms with E-state index < -0.39 is 0 Å². The third-order valence-electron chi connectivity index (χ3n) is 3.41. The van der Waals surface area contributed by atoms with E-state index in [9.17, 15) is 4.79 Å². The lowest BCUT2D eigenvalue weighted by atomic mass is 9.88. The summed E-state index contributed by atoms with van der Waals surface area (Å²) in [6.07, 6.45) is 3.40. The number of carbonyl (C=O) groups excluding carboxylic acids is 1. The number of hydrogen-bond donors (Lipinski definition) is 1. The van der Waals surface area contributed by atoms with Crippen LogP contribution in [0.4, 0.5) is 5.69 Å². The molecule has 18 heavy (non-hydrogen) atoms. The third kappa shape index (κ3) is 3.39. The Morgan fingerprint density at radius 3 is 2.78 bits per heavy atom. The van der Waals surface area contributed by atoms with E-state index >= 15 is 0 Å². The zero-order chi connectivity index (χ0) is 13.0. The van der Waals surface area contributed by atoms with Gasteiger partial charge in [0, 0.05) is 24.4 Å². The van der Waals surface area contributed by atoms with E-state index in [1.165, 1.54) is 0 Å². The van der Waals surface area contributed by atoms with Crippen LogP contribution >= 0.6 is 11.6 Å². The largest absolute Gasteiger partial charge is 0.495 e. The molecule has 1 aliphatic rings. The second-order valence-corrected chi connectivity index (χ2v) is 5.14. The van der Waals surface area contributed by atoms with Crippen molar-refractivity contribution in [1.29, 1.82) is 0 Å². The molecule has 1 saturated carbocycles. The number of hydrogen-bond acceptors (Lipinski definition) is 3. The Morgan fingerprint density at radius 1 is 1.39 bits per heavy atom. The van der Waals surface area contributed by atoms with Gasteiger partial charge in [0.1, 0.15) is 11.5 Å². The maximum Gasteiger partial charge on any atom is 0.142 e. The summed E-state index contributed by atoms with van der Waals surface area (Å²) < 4.78 is 5.28. The van der Waals surface area contributed by atoms with Crippen molar-refractivity contribution in [1.82, 2.24) is 0 Å². The smallest absolute Gasteiger partial charge is 0.142 e. The molecule has 0 saturated heterocycles. The van der Waals surface area contributed by atoms with Crippen molar-refractivity contribution in [3.63, 3.8) is 0 Å². The number of halogens is 1. The maximum atomic E-state index is 11.2. The van der Waals surface area contributed by atoms with Crippen molar-refractivity contribution in [3.05, 3.63) is 23.2 Å². The molecule has 4 heteroatoms. The fraction of sp³-hybridized carbons (Fsp3) is 0.500. The van der Waals surface area contributed by atoms with E-state index in [4.69, 9.17) is 16.3 Å². The van der Waals surface area contributed by atoms with Gasteiger partial charge in [-0.3, -0.25) is 4.79 Å². The third-order valence-corrected chi connectivity index (χ3v) is 3.64. The zero-order valence-corrected chi connectivity index (χ0v) is 11.3. The first kappa shape index (κ1) is 13.2. The minimum Gasteiger partial charge on any atom is -0.495 e. The van der Waals surface area contributed by atoms with Gasteiger partial charge in [0.2, 0.25) is 0 Å². The van der Waals surface area contributed by atoms with E-state index in [1.54, 1.807) is 7.11 Å². The number of anilines is 1. The second-order valence-electron chi connectivity index (χ2n) is 4.71. The molecule has 0 amide bonds. The standard InChI is InChI=1S/C14H18ClNO2/c1-18-14-7-4-11(15)8-13(14)16-9-10-2-5-12(17)6-3-10/h4,7-8,10,16H,2-3,5-6,9H2,1H3. The summed E-state index contributed by atoms with van der Waals surface area (Å²) in [5.41, 5.74) is 0.918. The summed E-state index contributed by atoms with van der Waals surface area (Å²) in [5.74, 6) is 1.75. The van der Waals surface area contributed by atoms with Crippen molar-refractivity contribution >= 4 is 23.1 Å². The molecule has 0 spiro atoms. The van der Waals surface area contributed by atoms with Crippen LogP contribution in [-0.2, 0) is 4.79 Å². The number of ether oxygens (including phenoxy) is 1. The highest BCUT2D eigenvalue weighted by atomic mass is 35.5. The van der Waals surface area contributed by atoms with Crippen LogP contribution in [0.25, 0.3) is 0 Å². The minimum atomic E-state index is 0.395. The van der Waals surface area contributed by atoms with Crippen LogP contribution in [0, 0.1) is 5.92 Å². The van der Waals surface area contributed by atoms with Crippen LogP contribution < -0.4 is 10.1 Å². The fourth-order valence-electron chi connectivity index (χ4n) is 2.28. The predicted molar refractivity (Wildman–Crippen MR) is 73.5 cm³/mol. The SMILES string of the molecule is COc1ccc(Cl)cc1NCC1CCC(=O)CC1. The lowest BCUT2D eigenvalue weighted by molar-refractivity contribution is -0.120. The average molecular weight is 268 g/mol.